The van der Waals surface area contributed by atoms with Gasteiger partial charge in [-0.2, -0.15) is 13.2 Å². The van der Waals surface area contributed by atoms with Crippen LogP contribution in [-0.2, 0) is 22.7 Å². The minimum absolute atomic E-state index is 0.0475. The number of nitrogens with one attached hydrogen (secondary N) is 2. The molecule has 0 aliphatic carbocycles. The maximum atomic E-state index is 14.3. The molecule has 2 unspecified atom stereocenters. The number of fused-ring (bicyclic) bond motifs is 1. The predicted octanol–water partition coefficient (Wildman–Crippen LogP) is 3.87. The van der Waals surface area contributed by atoms with Crippen molar-refractivity contribution < 1.29 is 35.2 Å². The second kappa shape index (κ2) is 8.15. The molecule has 13 heteroatoms. The van der Waals surface area contributed by atoms with Crippen molar-refractivity contribution in [1.29, 1.82) is 0 Å². The maximum Gasteiger partial charge on any atom is 0.417 e. The molecule has 2 atom stereocenters. The van der Waals surface area contributed by atoms with Crippen LogP contribution >= 0.6 is 0 Å². The minimum atomic E-state index is -4.79. The van der Waals surface area contributed by atoms with Crippen molar-refractivity contribution in [3.05, 3.63) is 47.2 Å². The summed E-state index contributed by atoms with van der Waals surface area (Å²) in [6, 6.07) is 4.72. The van der Waals surface area contributed by atoms with E-state index in [1.54, 1.807) is 0 Å². The summed E-state index contributed by atoms with van der Waals surface area (Å²) in [6.45, 7) is 2.32. The monoisotopic (exact) mass is 504 g/mol. The lowest BCUT2D eigenvalue weighted by Gasteiger charge is -2.42. The first-order valence-electron chi connectivity index (χ1n) is 10.3. The van der Waals surface area contributed by atoms with Gasteiger partial charge in [-0.1, -0.05) is 19.9 Å². The number of hydrogen-bond acceptors (Lipinski definition) is 5. The first-order chi connectivity index (χ1) is 15.7. The molecule has 4 rings (SSSR count). The smallest absolute Gasteiger partial charge is 0.355 e. The number of benzene rings is 1. The molecule has 7 nitrogen and oxygen atoms in total. The second-order valence-corrected chi connectivity index (χ2v) is 10.3. The second-order valence-electron chi connectivity index (χ2n) is 8.58. The number of nitrogens with zero attached hydrogens (tertiary/aromatic N) is 2. The number of aromatic nitrogens is 1. The molecule has 0 spiro atoms. The van der Waals surface area contributed by atoms with E-state index in [4.69, 9.17) is 0 Å². The van der Waals surface area contributed by atoms with Crippen molar-refractivity contribution in [3.63, 3.8) is 0 Å². The van der Waals surface area contributed by atoms with Gasteiger partial charge in [-0.15, -0.1) is 0 Å². The van der Waals surface area contributed by atoms with Crippen molar-refractivity contribution in [2.75, 3.05) is 23.3 Å². The van der Waals surface area contributed by atoms with Gasteiger partial charge >= 0.3 is 6.18 Å². The molecular weight excluding hydrogens is 483 g/mol. The van der Waals surface area contributed by atoms with E-state index in [0.29, 0.717) is 17.8 Å². The van der Waals surface area contributed by atoms with Gasteiger partial charge in [0, 0.05) is 43.4 Å². The number of halogens is 5. The first kappa shape index (κ1) is 24.3. The van der Waals surface area contributed by atoms with Crippen molar-refractivity contribution in [3.8, 4) is 0 Å². The Morgan fingerprint density at radius 2 is 1.82 bits per heavy atom. The molecule has 0 saturated carbocycles. The van der Waals surface area contributed by atoms with E-state index < -0.39 is 51.0 Å². The number of sulfonamides is 1. The summed E-state index contributed by atoms with van der Waals surface area (Å²) in [5.74, 6) is -6.35. The number of alkyl halides is 5. The number of rotatable bonds is 3. The van der Waals surface area contributed by atoms with Crippen LogP contribution in [0.4, 0.5) is 33.5 Å². The SMILES string of the molecule is CC1CN(c2ncc(C(F)(F)F)cc2C(=O)Nc2ccc3c(c2)S(=O)(=O)NC3)CC(C)C1(F)F. The van der Waals surface area contributed by atoms with E-state index >= 15 is 0 Å². The quantitative estimate of drug-likeness (QED) is 0.620. The van der Waals surface area contributed by atoms with Crippen LogP contribution in [-0.4, -0.2) is 38.3 Å². The lowest BCUT2D eigenvalue weighted by molar-refractivity contribution is -0.137. The van der Waals surface area contributed by atoms with E-state index in [1.807, 2.05) is 0 Å². The van der Waals surface area contributed by atoms with Crippen molar-refractivity contribution in [1.82, 2.24) is 9.71 Å². The fourth-order valence-electron chi connectivity index (χ4n) is 4.15. The van der Waals surface area contributed by atoms with E-state index in [9.17, 15) is 35.2 Å². The number of carbonyl (C=O) groups is 1. The summed E-state index contributed by atoms with van der Waals surface area (Å²) in [7, 11) is -3.74. The fourth-order valence-corrected chi connectivity index (χ4v) is 5.42. The molecule has 34 heavy (non-hydrogen) atoms. The summed E-state index contributed by atoms with van der Waals surface area (Å²) < 4.78 is 95.0. The zero-order valence-corrected chi connectivity index (χ0v) is 18.9. The van der Waals surface area contributed by atoms with Gasteiger partial charge in [0.25, 0.3) is 11.8 Å². The van der Waals surface area contributed by atoms with Gasteiger partial charge in [0.05, 0.1) is 16.0 Å². The number of amides is 1. The highest BCUT2D eigenvalue weighted by atomic mass is 32.2. The third-order valence-corrected chi connectivity index (χ3v) is 7.59. The van der Waals surface area contributed by atoms with Crippen molar-refractivity contribution in [2.45, 2.75) is 37.4 Å². The molecule has 2 N–H and O–H groups in total. The molecule has 1 aromatic heterocycles. The standard InChI is InChI=1S/C21H21F5N4O3S/c1-11-9-30(10-12(2)20(11,22)23)18-16(5-14(8-27-18)21(24,25)26)19(31)29-15-4-3-13-7-28-34(32,33)17(13)6-15/h3-6,8,11-12,28H,7,9-10H2,1-2H3,(H,29,31). The minimum Gasteiger partial charge on any atom is -0.355 e. The topological polar surface area (TPSA) is 91.4 Å². The molecule has 2 aromatic rings. The Hall–Kier alpha value is -2.80. The van der Waals surface area contributed by atoms with E-state index in [2.05, 4.69) is 15.0 Å². The van der Waals surface area contributed by atoms with Crippen LogP contribution in [0.5, 0.6) is 0 Å². The van der Waals surface area contributed by atoms with Crippen LogP contribution in [0.15, 0.2) is 35.4 Å². The van der Waals surface area contributed by atoms with E-state index in [0.717, 1.165) is 0 Å². The van der Waals surface area contributed by atoms with Gasteiger partial charge in [0.15, 0.2) is 0 Å². The normalized spacial score (nSPS) is 23.4. The molecule has 2 aliphatic heterocycles. The van der Waals surface area contributed by atoms with Crippen LogP contribution in [0.2, 0.25) is 0 Å². The Balaban J connectivity index is 1.71. The van der Waals surface area contributed by atoms with Gasteiger partial charge in [0.1, 0.15) is 5.82 Å². The van der Waals surface area contributed by atoms with Gasteiger partial charge in [-0.25, -0.2) is 26.9 Å². The Morgan fingerprint density at radius 1 is 1.18 bits per heavy atom. The number of piperidine rings is 1. The lowest BCUT2D eigenvalue weighted by atomic mass is 9.87. The third kappa shape index (κ3) is 4.33. The molecule has 3 heterocycles. The predicted molar refractivity (Wildman–Crippen MR) is 113 cm³/mol. The van der Waals surface area contributed by atoms with Crippen LogP contribution in [0.25, 0.3) is 0 Å². The van der Waals surface area contributed by atoms with Crippen molar-refractivity contribution >= 4 is 27.4 Å². The van der Waals surface area contributed by atoms with Gasteiger partial charge < -0.3 is 10.2 Å². The average molecular weight is 504 g/mol. The van der Waals surface area contributed by atoms with Gasteiger partial charge in [-0.3, -0.25) is 4.79 Å². The third-order valence-electron chi connectivity index (χ3n) is 6.11. The molecule has 0 radical (unpaired) electrons. The van der Waals surface area contributed by atoms with Crippen molar-refractivity contribution in [2.24, 2.45) is 11.8 Å². The Labute approximate surface area is 192 Å². The summed E-state index contributed by atoms with van der Waals surface area (Å²) in [4.78, 5) is 18.2. The summed E-state index contributed by atoms with van der Waals surface area (Å²) >= 11 is 0. The number of carbonyl (C=O) groups excluding carboxylic acids is 1. The number of hydrogen-bond donors (Lipinski definition) is 2. The van der Waals surface area contributed by atoms with E-state index in [1.165, 1.54) is 36.9 Å². The van der Waals surface area contributed by atoms with Gasteiger partial charge in [0.2, 0.25) is 10.0 Å². The van der Waals surface area contributed by atoms with Crippen LogP contribution < -0.4 is 14.9 Å². The maximum absolute atomic E-state index is 14.3. The highest BCUT2D eigenvalue weighted by Crippen LogP contribution is 2.40. The summed E-state index contributed by atoms with van der Waals surface area (Å²) in [5.41, 5.74) is -1.10. The molecular formula is C21H21F5N4O3S. The fraction of sp³-hybridized carbons (Fsp3) is 0.429. The first-order valence-corrected chi connectivity index (χ1v) is 11.8. The summed E-state index contributed by atoms with van der Waals surface area (Å²) in [5, 5.41) is 2.41. The Kier molecular flexibility index (Phi) is 5.83. The molecule has 1 fully saturated rings. The zero-order chi connectivity index (χ0) is 25.1. The number of pyridine rings is 1. The van der Waals surface area contributed by atoms with Crippen LogP contribution in [0.1, 0.15) is 35.3 Å². The molecule has 1 amide bonds. The molecule has 1 saturated heterocycles. The molecule has 184 valence electrons. The van der Waals surface area contributed by atoms with Gasteiger partial charge in [-0.05, 0) is 23.8 Å². The molecule has 1 aromatic carbocycles. The Morgan fingerprint density at radius 3 is 2.44 bits per heavy atom. The average Bonchev–Trinajstić information content (AvgIpc) is 3.05. The highest BCUT2D eigenvalue weighted by molar-refractivity contribution is 7.89. The van der Waals surface area contributed by atoms with Crippen LogP contribution in [0.3, 0.4) is 0 Å². The Bertz CT molecular complexity index is 1240. The highest BCUT2D eigenvalue weighted by Gasteiger charge is 2.48. The van der Waals surface area contributed by atoms with Crippen LogP contribution in [0, 0.1) is 11.8 Å². The lowest BCUT2D eigenvalue weighted by Crippen LogP contribution is -2.52. The zero-order valence-electron chi connectivity index (χ0n) is 18.1. The molecule has 2 aliphatic rings. The largest absolute Gasteiger partial charge is 0.417 e. The molecule has 0 bridgehead atoms. The number of anilines is 2. The summed E-state index contributed by atoms with van der Waals surface area (Å²) in [6.07, 6.45) is -4.23. The van der Waals surface area contributed by atoms with E-state index in [-0.39, 0.29) is 36.0 Å².